The highest BCUT2D eigenvalue weighted by Gasteiger charge is 2.17. The summed E-state index contributed by atoms with van der Waals surface area (Å²) in [6, 6.07) is 2.04. The first-order chi connectivity index (χ1) is 9.28. The van der Waals surface area contributed by atoms with Crippen LogP contribution in [0.25, 0.3) is 11.5 Å². The van der Waals surface area contributed by atoms with E-state index in [0.717, 1.165) is 0 Å². The SMILES string of the molecule is Cc1onc(Cc2nc(-c3cscn3)no2)c1C#N. The number of nitriles is 1. The van der Waals surface area contributed by atoms with Crippen LogP contribution in [0.4, 0.5) is 0 Å². The minimum atomic E-state index is 0.261. The molecule has 0 N–H and O–H groups in total. The van der Waals surface area contributed by atoms with Gasteiger partial charge in [-0.15, -0.1) is 11.3 Å². The van der Waals surface area contributed by atoms with Crippen LogP contribution in [-0.2, 0) is 6.42 Å². The molecule has 0 saturated carbocycles. The third-order valence-electron chi connectivity index (χ3n) is 2.49. The van der Waals surface area contributed by atoms with Crippen LogP contribution in [-0.4, -0.2) is 20.3 Å². The lowest BCUT2D eigenvalue weighted by atomic mass is 10.2. The maximum Gasteiger partial charge on any atom is 0.233 e. The van der Waals surface area contributed by atoms with Crippen LogP contribution in [0.1, 0.15) is 22.9 Å². The molecule has 0 fully saturated rings. The maximum absolute atomic E-state index is 9.00. The van der Waals surface area contributed by atoms with Crippen molar-refractivity contribution in [2.45, 2.75) is 13.3 Å². The van der Waals surface area contributed by atoms with Crippen LogP contribution in [0.5, 0.6) is 0 Å². The van der Waals surface area contributed by atoms with Crippen LogP contribution in [0.3, 0.4) is 0 Å². The predicted octanol–water partition coefficient (Wildman–Crippen LogP) is 1.95. The van der Waals surface area contributed by atoms with E-state index in [1.165, 1.54) is 11.3 Å². The molecule has 0 spiro atoms. The molecule has 3 aromatic rings. The first-order valence-corrected chi connectivity index (χ1v) is 6.28. The average molecular weight is 273 g/mol. The fraction of sp³-hybridized carbons (Fsp3) is 0.182. The third kappa shape index (κ3) is 2.11. The molecule has 0 bridgehead atoms. The van der Waals surface area contributed by atoms with E-state index in [4.69, 9.17) is 14.3 Å². The summed E-state index contributed by atoms with van der Waals surface area (Å²) in [6.07, 6.45) is 0.261. The van der Waals surface area contributed by atoms with Crippen molar-refractivity contribution >= 4 is 11.3 Å². The quantitative estimate of drug-likeness (QED) is 0.718. The minimum Gasteiger partial charge on any atom is -0.360 e. The molecule has 0 radical (unpaired) electrons. The van der Waals surface area contributed by atoms with Crippen molar-refractivity contribution in [1.29, 1.82) is 5.26 Å². The van der Waals surface area contributed by atoms with Gasteiger partial charge in [0.25, 0.3) is 0 Å². The Labute approximate surface area is 111 Å². The van der Waals surface area contributed by atoms with Gasteiger partial charge in [0, 0.05) is 5.38 Å². The Bertz CT molecular complexity index is 738. The first-order valence-electron chi connectivity index (χ1n) is 5.34. The Morgan fingerprint density at radius 1 is 1.37 bits per heavy atom. The normalized spacial score (nSPS) is 10.5. The van der Waals surface area contributed by atoms with Gasteiger partial charge in [-0.25, -0.2) is 4.98 Å². The largest absolute Gasteiger partial charge is 0.360 e. The molecule has 3 rings (SSSR count). The van der Waals surface area contributed by atoms with Crippen LogP contribution < -0.4 is 0 Å². The van der Waals surface area contributed by atoms with E-state index >= 15 is 0 Å². The molecule has 3 aromatic heterocycles. The highest BCUT2D eigenvalue weighted by atomic mass is 32.1. The second-order valence-electron chi connectivity index (χ2n) is 3.73. The fourth-order valence-electron chi connectivity index (χ4n) is 1.58. The van der Waals surface area contributed by atoms with Gasteiger partial charge in [0.1, 0.15) is 23.0 Å². The number of hydrogen-bond donors (Lipinski definition) is 0. The highest BCUT2D eigenvalue weighted by Crippen LogP contribution is 2.18. The van der Waals surface area contributed by atoms with Gasteiger partial charge in [0.15, 0.2) is 5.76 Å². The second-order valence-corrected chi connectivity index (χ2v) is 4.45. The summed E-state index contributed by atoms with van der Waals surface area (Å²) in [5.74, 6) is 1.28. The van der Waals surface area contributed by atoms with Crippen LogP contribution in [0.15, 0.2) is 19.9 Å². The van der Waals surface area contributed by atoms with Gasteiger partial charge in [0.2, 0.25) is 11.7 Å². The number of aryl methyl sites for hydroxylation is 1. The lowest BCUT2D eigenvalue weighted by Crippen LogP contribution is -1.92. The maximum atomic E-state index is 9.00. The average Bonchev–Trinajstić information content (AvgIpc) is 3.11. The summed E-state index contributed by atoms with van der Waals surface area (Å²) in [5.41, 5.74) is 3.26. The molecule has 0 saturated heterocycles. The summed E-state index contributed by atoms with van der Waals surface area (Å²) in [6.45, 7) is 1.68. The summed E-state index contributed by atoms with van der Waals surface area (Å²) < 4.78 is 10.1. The number of rotatable bonds is 3. The van der Waals surface area contributed by atoms with E-state index < -0.39 is 0 Å². The lowest BCUT2D eigenvalue weighted by Gasteiger charge is -1.88. The Kier molecular flexibility index (Phi) is 2.81. The van der Waals surface area contributed by atoms with E-state index in [-0.39, 0.29) is 6.42 Å². The molecule has 8 heteroatoms. The molecule has 0 aromatic carbocycles. The predicted molar refractivity (Wildman–Crippen MR) is 64.2 cm³/mol. The minimum absolute atomic E-state index is 0.261. The Morgan fingerprint density at radius 2 is 2.26 bits per heavy atom. The topological polar surface area (TPSA) is 102 Å². The monoisotopic (exact) mass is 273 g/mol. The van der Waals surface area contributed by atoms with Crippen molar-refractivity contribution in [3.63, 3.8) is 0 Å². The van der Waals surface area contributed by atoms with Crippen molar-refractivity contribution in [2.75, 3.05) is 0 Å². The van der Waals surface area contributed by atoms with Gasteiger partial charge >= 0.3 is 0 Å². The standard InChI is InChI=1S/C11H7N5O2S/c1-6-7(3-12)8(15-17-6)2-10-14-11(16-18-10)9-4-19-5-13-9/h4-5H,2H2,1H3. The van der Waals surface area contributed by atoms with E-state index in [9.17, 15) is 0 Å². The van der Waals surface area contributed by atoms with Crippen LogP contribution >= 0.6 is 11.3 Å². The zero-order chi connectivity index (χ0) is 13.2. The molecule has 0 aliphatic heterocycles. The third-order valence-corrected chi connectivity index (χ3v) is 3.08. The first kappa shape index (κ1) is 11.6. The molecular formula is C11H7N5O2S. The van der Waals surface area contributed by atoms with E-state index in [2.05, 4.69) is 20.3 Å². The molecule has 7 nitrogen and oxygen atoms in total. The van der Waals surface area contributed by atoms with Crippen molar-refractivity contribution in [3.8, 4) is 17.6 Å². The van der Waals surface area contributed by atoms with E-state index in [1.807, 2.05) is 11.4 Å². The van der Waals surface area contributed by atoms with Gasteiger partial charge in [-0.05, 0) is 6.92 Å². The second kappa shape index (κ2) is 4.62. The van der Waals surface area contributed by atoms with Gasteiger partial charge < -0.3 is 9.05 Å². The van der Waals surface area contributed by atoms with E-state index in [0.29, 0.717) is 34.4 Å². The molecule has 0 aliphatic carbocycles. The Balaban J connectivity index is 1.87. The Morgan fingerprint density at radius 3 is 3.00 bits per heavy atom. The molecule has 94 valence electrons. The molecule has 3 heterocycles. The van der Waals surface area contributed by atoms with Crippen molar-refractivity contribution < 1.29 is 9.05 Å². The molecule has 19 heavy (non-hydrogen) atoms. The van der Waals surface area contributed by atoms with Crippen molar-refractivity contribution in [1.82, 2.24) is 20.3 Å². The van der Waals surface area contributed by atoms with Gasteiger partial charge in [-0.3, -0.25) is 0 Å². The molecule has 0 amide bonds. The number of thiazole rings is 1. The number of nitrogens with zero attached hydrogens (tertiary/aromatic N) is 5. The molecule has 0 aliphatic rings. The zero-order valence-corrected chi connectivity index (χ0v) is 10.6. The fourth-order valence-corrected chi connectivity index (χ4v) is 2.11. The van der Waals surface area contributed by atoms with Crippen molar-refractivity contribution in [3.05, 3.63) is 33.8 Å². The van der Waals surface area contributed by atoms with Gasteiger partial charge in [0.05, 0.1) is 11.9 Å². The zero-order valence-electron chi connectivity index (χ0n) is 9.82. The Hall–Kier alpha value is -2.53. The smallest absolute Gasteiger partial charge is 0.233 e. The van der Waals surface area contributed by atoms with Crippen LogP contribution in [0.2, 0.25) is 0 Å². The summed E-state index contributed by atoms with van der Waals surface area (Å²) in [7, 11) is 0. The van der Waals surface area contributed by atoms with Crippen LogP contribution in [0, 0.1) is 18.3 Å². The number of aromatic nitrogens is 4. The van der Waals surface area contributed by atoms with Crippen molar-refractivity contribution in [2.24, 2.45) is 0 Å². The highest BCUT2D eigenvalue weighted by molar-refractivity contribution is 7.07. The molecule has 0 atom stereocenters. The number of hydrogen-bond acceptors (Lipinski definition) is 8. The summed E-state index contributed by atoms with van der Waals surface area (Å²) in [5, 5.41) is 18.5. The summed E-state index contributed by atoms with van der Waals surface area (Å²) in [4.78, 5) is 8.30. The lowest BCUT2D eigenvalue weighted by molar-refractivity contribution is 0.371. The van der Waals surface area contributed by atoms with E-state index in [1.54, 1.807) is 12.4 Å². The van der Waals surface area contributed by atoms with Gasteiger partial charge in [-0.1, -0.05) is 10.3 Å². The molecular weight excluding hydrogens is 266 g/mol. The summed E-state index contributed by atoms with van der Waals surface area (Å²) >= 11 is 1.45. The molecule has 0 unspecified atom stereocenters. The van der Waals surface area contributed by atoms with Gasteiger partial charge in [-0.2, -0.15) is 10.2 Å².